The molecule has 0 amide bonds. The Morgan fingerprint density at radius 2 is 2.06 bits per heavy atom. The van der Waals surface area contributed by atoms with Gasteiger partial charge in [-0.1, -0.05) is 28.8 Å². The number of hydrogen-bond donors (Lipinski definition) is 1. The first kappa shape index (κ1) is 13.9. The number of nitrogens with zero attached hydrogens (tertiary/aromatic N) is 1. The molecule has 1 aromatic rings. The topological polar surface area (TPSA) is 29.3 Å². The summed E-state index contributed by atoms with van der Waals surface area (Å²) in [5.41, 5.74) is 8.70. The summed E-state index contributed by atoms with van der Waals surface area (Å²) in [6, 6.07) is 7.28. The maximum atomic E-state index is 6.13. The molecule has 0 aliphatic heterocycles. The number of benzene rings is 1. The third kappa shape index (κ3) is 2.89. The van der Waals surface area contributed by atoms with E-state index in [4.69, 9.17) is 5.73 Å². The maximum absolute atomic E-state index is 6.13. The Kier molecular flexibility index (Phi) is 4.68. The zero-order valence-corrected chi connectivity index (χ0v) is 12.9. The van der Waals surface area contributed by atoms with Crippen molar-refractivity contribution in [3.63, 3.8) is 0 Å². The molecule has 100 valence electrons. The van der Waals surface area contributed by atoms with Crippen LogP contribution in [0.5, 0.6) is 0 Å². The SMILES string of the molecule is CCN(c1ccc(Br)cc1C(C)N)C1CCCC1. The van der Waals surface area contributed by atoms with Crippen molar-refractivity contribution >= 4 is 21.6 Å². The van der Waals surface area contributed by atoms with Crippen LogP contribution in [0.4, 0.5) is 5.69 Å². The molecule has 1 unspecified atom stereocenters. The average molecular weight is 311 g/mol. The Morgan fingerprint density at radius 3 is 2.61 bits per heavy atom. The van der Waals surface area contributed by atoms with Crippen LogP contribution in [-0.4, -0.2) is 12.6 Å². The van der Waals surface area contributed by atoms with Crippen LogP contribution < -0.4 is 10.6 Å². The van der Waals surface area contributed by atoms with Crippen LogP contribution >= 0.6 is 15.9 Å². The predicted molar refractivity (Wildman–Crippen MR) is 82.0 cm³/mol. The van der Waals surface area contributed by atoms with Gasteiger partial charge in [-0.3, -0.25) is 0 Å². The Hall–Kier alpha value is -0.540. The second-order valence-electron chi connectivity index (χ2n) is 5.22. The van der Waals surface area contributed by atoms with Gasteiger partial charge in [0.15, 0.2) is 0 Å². The summed E-state index contributed by atoms with van der Waals surface area (Å²) in [7, 11) is 0. The standard InChI is InChI=1S/C15H23BrN2/c1-3-18(13-6-4-5-7-13)15-9-8-12(16)10-14(15)11(2)17/h8-11,13H,3-7,17H2,1-2H3. The van der Waals surface area contributed by atoms with Crippen molar-refractivity contribution < 1.29 is 0 Å². The first-order valence-electron chi connectivity index (χ1n) is 6.95. The highest BCUT2D eigenvalue weighted by molar-refractivity contribution is 9.10. The molecular formula is C15H23BrN2. The fraction of sp³-hybridized carbons (Fsp3) is 0.600. The first-order chi connectivity index (χ1) is 8.63. The quantitative estimate of drug-likeness (QED) is 0.901. The lowest BCUT2D eigenvalue weighted by Gasteiger charge is -2.32. The molecule has 0 bridgehead atoms. The van der Waals surface area contributed by atoms with E-state index in [-0.39, 0.29) is 6.04 Å². The molecule has 0 radical (unpaired) electrons. The van der Waals surface area contributed by atoms with Gasteiger partial charge in [0.2, 0.25) is 0 Å². The Morgan fingerprint density at radius 1 is 1.39 bits per heavy atom. The molecular weight excluding hydrogens is 288 g/mol. The highest BCUT2D eigenvalue weighted by Gasteiger charge is 2.24. The van der Waals surface area contributed by atoms with E-state index in [9.17, 15) is 0 Å². The van der Waals surface area contributed by atoms with E-state index >= 15 is 0 Å². The van der Waals surface area contributed by atoms with Gasteiger partial charge in [-0.25, -0.2) is 0 Å². The first-order valence-corrected chi connectivity index (χ1v) is 7.74. The molecule has 1 saturated carbocycles. The molecule has 0 saturated heterocycles. The van der Waals surface area contributed by atoms with Gasteiger partial charge in [0.05, 0.1) is 0 Å². The van der Waals surface area contributed by atoms with E-state index in [0.717, 1.165) is 11.0 Å². The highest BCUT2D eigenvalue weighted by atomic mass is 79.9. The summed E-state index contributed by atoms with van der Waals surface area (Å²) in [4.78, 5) is 2.54. The molecule has 0 heterocycles. The van der Waals surface area contributed by atoms with Crippen LogP contribution in [-0.2, 0) is 0 Å². The van der Waals surface area contributed by atoms with E-state index in [0.29, 0.717) is 6.04 Å². The Bertz CT molecular complexity index is 397. The van der Waals surface area contributed by atoms with Crippen molar-refractivity contribution in [2.24, 2.45) is 5.73 Å². The molecule has 1 aliphatic rings. The number of nitrogens with two attached hydrogens (primary N) is 1. The van der Waals surface area contributed by atoms with Crippen LogP contribution in [0.15, 0.2) is 22.7 Å². The van der Waals surface area contributed by atoms with Crippen LogP contribution in [0, 0.1) is 0 Å². The van der Waals surface area contributed by atoms with Gasteiger partial charge in [0.25, 0.3) is 0 Å². The minimum Gasteiger partial charge on any atom is -0.369 e. The monoisotopic (exact) mass is 310 g/mol. The van der Waals surface area contributed by atoms with Gasteiger partial charge >= 0.3 is 0 Å². The van der Waals surface area contributed by atoms with Crippen molar-refractivity contribution in [3.8, 4) is 0 Å². The van der Waals surface area contributed by atoms with Gasteiger partial charge in [0, 0.05) is 28.8 Å². The second-order valence-corrected chi connectivity index (χ2v) is 6.13. The minimum absolute atomic E-state index is 0.0768. The normalized spacial score (nSPS) is 18.0. The van der Waals surface area contributed by atoms with Gasteiger partial charge in [-0.15, -0.1) is 0 Å². The fourth-order valence-corrected chi connectivity index (χ4v) is 3.37. The molecule has 3 heteroatoms. The molecule has 0 aromatic heterocycles. The summed E-state index contributed by atoms with van der Waals surface area (Å²) in [6.45, 7) is 5.37. The van der Waals surface area contributed by atoms with Crippen molar-refractivity contribution in [3.05, 3.63) is 28.2 Å². The van der Waals surface area contributed by atoms with Crippen LogP contribution in [0.1, 0.15) is 51.1 Å². The molecule has 2 nitrogen and oxygen atoms in total. The summed E-state index contributed by atoms with van der Waals surface area (Å²) in [5, 5.41) is 0. The maximum Gasteiger partial charge on any atom is 0.0417 e. The number of halogens is 1. The lowest BCUT2D eigenvalue weighted by Crippen LogP contribution is -2.34. The Labute approximate surface area is 119 Å². The zero-order chi connectivity index (χ0) is 13.1. The highest BCUT2D eigenvalue weighted by Crippen LogP contribution is 2.33. The van der Waals surface area contributed by atoms with Crippen LogP contribution in [0.2, 0.25) is 0 Å². The van der Waals surface area contributed by atoms with Gasteiger partial charge in [-0.2, -0.15) is 0 Å². The van der Waals surface area contributed by atoms with E-state index in [1.165, 1.54) is 36.9 Å². The third-order valence-electron chi connectivity index (χ3n) is 3.90. The largest absolute Gasteiger partial charge is 0.369 e. The van der Waals surface area contributed by atoms with Crippen molar-refractivity contribution in [2.45, 2.75) is 51.6 Å². The third-order valence-corrected chi connectivity index (χ3v) is 4.39. The minimum atomic E-state index is 0.0768. The average Bonchev–Trinajstić information content (AvgIpc) is 2.85. The summed E-state index contributed by atoms with van der Waals surface area (Å²) < 4.78 is 1.11. The van der Waals surface area contributed by atoms with Crippen molar-refractivity contribution in [2.75, 3.05) is 11.4 Å². The van der Waals surface area contributed by atoms with Gasteiger partial charge in [-0.05, 0) is 50.5 Å². The smallest absolute Gasteiger partial charge is 0.0417 e. The molecule has 2 rings (SSSR count). The molecule has 1 fully saturated rings. The van der Waals surface area contributed by atoms with Crippen molar-refractivity contribution in [1.82, 2.24) is 0 Å². The molecule has 1 atom stereocenters. The van der Waals surface area contributed by atoms with E-state index in [2.05, 4.69) is 52.9 Å². The number of rotatable bonds is 4. The molecule has 18 heavy (non-hydrogen) atoms. The number of hydrogen-bond acceptors (Lipinski definition) is 2. The van der Waals surface area contributed by atoms with Crippen LogP contribution in [0.3, 0.4) is 0 Å². The summed E-state index contributed by atoms with van der Waals surface area (Å²) in [6.07, 6.45) is 5.38. The predicted octanol–water partition coefficient (Wildman–Crippen LogP) is 4.24. The lowest BCUT2D eigenvalue weighted by molar-refractivity contribution is 0.614. The van der Waals surface area contributed by atoms with E-state index in [1.807, 2.05) is 0 Å². The summed E-state index contributed by atoms with van der Waals surface area (Å²) >= 11 is 3.55. The van der Waals surface area contributed by atoms with E-state index < -0.39 is 0 Å². The zero-order valence-electron chi connectivity index (χ0n) is 11.3. The molecule has 2 N–H and O–H groups in total. The van der Waals surface area contributed by atoms with Gasteiger partial charge in [0.1, 0.15) is 0 Å². The molecule has 1 aliphatic carbocycles. The Balaban J connectivity index is 2.34. The van der Waals surface area contributed by atoms with E-state index in [1.54, 1.807) is 0 Å². The fourth-order valence-electron chi connectivity index (χ4n) is 2.99. The van der Waals surface area contributed by atoms with Crippen molar-refractivity contribution in [1.29, 1.82) is 0 Å². The van der Waals surface area contributed by atoms with Gasteiger partial charge < -0.3 is 10.6 Å². The second kappa shape index (κ2) is 6.07. The summed E-state index contributed by atoms with van der Waals surface area (Å²) in [5.74, 6) is 0. The molecule has 0 spiro atoms. The lowest BCUT2D eigenvalue weighted by atomic mass is 10.0. The number of anilines is 1. The molecule has 1 aromatic carbocycles. The van der Waals surface area contributed by atoms with Crippen LogP contribution in [0.25, 0.3) is 0 Å².